The van der Waals surface area contributed by atoms with Crippen LogP contribution in [0.5, 0.6) is 0 Å². The molecule has 2 nitrogen and oxygen atoms in total. The van der Waals surface area contributed by atoms with E-state index in [-0.39, 0.29) is 0 Å². The zero-order chi connectivity index (χ0) is 23.4. The lowest BCUT2D eigenvalue weighted by atomic mass is 10.0. The largest absolute Gasteiger partial charge is 0.261 e. The van der Waals surface area contributed by atoms with Crippen LogP contribution < -0.4 is 4.57 Å². The van der Waals surface area contributed by atoms with Gasteiger partial charge in [0.1, 0.15) is 18.1 Å². The number of imidazole rings is 1. The Hall–Kier alpha value is -1.57. The van der Waals surface area contributed by atoms with Crippen LogP contribution in [0.15, 0.2) is 42.7 Å². The summed E-state index contributed by atoms with van der Waals surface area (Å²) in [6.07, 6.45) is 31.0. The van der Waals surface area contributed by atoms with Crippen molar-refractivity contribution in [2.75, 3.05) is 0 Å². The summed E-state index contributed by atoms with van der Waals surface area (Å²) in [6.45, 7) is 5.75. The Morgan fingerprint density at radius 2 is 1.06 bits per heavy atom. The van der Waals surface area contributed by atoms with Crippen molar-refractivity contribution in [2.24, 2.45) is 0 Å². The SMILES string of the molecule is CCCCCCCCCCCCCCCCc1n(-c2ccccc2)cc[n+]1CCCCCC. The van der Waals surface area contributed by atoms with E-state index in [0.717, 1.165) is 6.54 Å². The maximum absolute atomic E-state index is 2.52. The summed E-state index contributed by atoms with van der Waals surface area (Å²) in [5, 5.41) is 0. The molecule has 1 aromatic carbocycles. The van der Waals surface area contributed by atoms with Gasteiger partial charge in [0.25, 0.3) is 5.82 Å². The van der Waals surface area contributed by atoms with Crippen LogP contribution in [0.1, 0.15) is 135 Å². The minimum atomic E-state index is 1.16. The molecular formula is C31H53N2+. The van der Waals surface area contributed by atoms with Crippen molar-refractivity contribution in [1.29, 1.82) is 0 Å². The summed E-state index contributed by atoms with van der Waals surface area (Å²) in [4.78, 5) is 0. The Balaban J connectivity index is 1.63. The second-order valence-corrected chi connectivity index (χ2v) is 10.0. The fraction of sp³-hybridized carbons (Fsp3) is 0.710. The van der Waals surface area contributed by atoms with Gasteiger partial charge in [0.2, 0.25) is 0 Å². The predicted molar refractivity (Wildman–Crippen MR) is 144 cm³/mol. The number of unbranched alkanes of at least 4 members (excludes halogenated alkanes) is 16. The molecule has 0 aliphatic heterocycles. The second kappa shape index (κ2) is 18.8. The molecule has 2 rings (SSSR count). The van der Waals surface area contributed by atoms with Crippen LogP contribution in [0.2, 0.25) is 0 Å². The van der Waals surface area contributed by atoms with Crippen LogP contribution in [0, 0.1) is 0 Å². The molecule has 0 fully saturated rings. The Bertz CT molecular complexity index is 688. The first-order valence-corrected chi connectivity index (χ1v) is 14.5. The first-order valence-electron chi connectivity index (χ1n) is 14.5. The van der Waals surface area contributed by atoms with Gasteiger partial charge in [-0.3, -0.25) is 0 Å². The molecule has 186 valence electrons. The summed E-state index contributed by atoms with van der Waals surface area (Å²) in [5.74, 6) is 1.48. The Kier molecular flexibility index (Phi) is 15.8. The van der Waals surface area contributed by atoms with E-state index in [2.05, 4.69) is 65.7 Å². The highest BCUT2D eigenvalue weighted by atomic mass is 15.1. The van der Waals surface area contributed by atoms with Crippen molar-refractivity contribution in [3.05, 3.63) is 48.5 Å². The highest BCUT2D eigenvalue weighted by Gasteiger charge is 2.18. The molecule has 0 saturated carbocycles. The smallest absolute Gasteiger partial charge is 0.234 e. The molecule has 0 aliphatic rings. The van der Waals surface area contributed by atoms with Gasteiger partial charge < -0.3 is 0 Å². The molecule has 0 radical (unpaired) electrons. The van der Waals surface area contributed by atoms with Crippen molar-refractivity contribution >= 4 is 0 Å². The first kappa shape index (κ1) is 27.7. The molecule has 0 saturated heterocycles. The quantitative estimate of drug-likeness (QED) is 0.131. The van der Waals surface area contributed by atoms with Gasteiger partial charge >= 0.3 is 0 Å². The molecule has 0 atom stereocenters. The lowest BCUT2D eigenvalue weighted by Crippen LogP contribution is -2.37. The average molecular weight is 454 g/mol. The fourth-order valence-electron chi connectivity index (χ4n) is 4.94. The number of aromatic nitrogens is 2. The van der Waals surface area contributed by atoms with Gasteiger partial charge in [-0.1, -0.05) is 128 Å². The van der Waals surface area contributed by atoms with Crippen molar-refractivity contribution in [3.8, 4) is 5.69 Å². The van der Waals surface area contributed by atoms with E-state index in [1.807, 2.05) is 0 Å². The van der Waals surface area contributed by atoms with Crippen LogP contribution >= 0.6 is 0 Å². The first-order chi connectivity index (χ1) is 16.4. The number of rotatable bonds is 21. The van der Waals surface area contributed by atoms with Gasteiger partial charge in [0.15, 0.2) is 0 Å². The van der Waals surface area contributed by atoms with E-state index in [4.69, 9.17) is 0 Å². The maximum Gasteiger partial charge on any atom is 0.261 e. The predicted octanol–water partition coefficient (Wildman–Crippen LogP) is 9.37. The number of nitrogens with zero attached hydrogens (tertiary/aromatic N) is 2. The molecule has 2 heteroatoms. The molecule has 0 spiro atoms. The average Bonchev–Trinajstić information content (AvgIpc) is 3.25. The normalized spacial score (nSPS) is 11.3. The Morgan fingerprint density at radius 3 is 1.61 bits per heavy atom. The van der Waals surface area contributed by atoms with Gasteiger partial charge in [-0.25, -0.2) is 4.57 Å². The zero-order valence-corrected chi connectivity index (χ0v) is 22.1. The minimum Gasteiger partial charge on any atom is -0.234 e. The van der Waals surface area contributed by atoms with E-state index < -0.39 is 0 Å². The second-order valence-electron chi connectivity index (χ2n) is 10.0. The number of benzene rings is 1. The maximum atomic E-state index is 2.52. The van der Waals surface area contributed by atoms with E-state index in [1.54, 1.807) is 0 Å². The lowest BCUT2D eigenvalue weighted by molar-refractivity contribution is -0.704. The van der Waals surface area contributed by atoms with Crippen molar-refractivity contribution in [1.82, 2.24) is 4.57 Å². The van der Waals surface area contributed by atoms with Crippen LogP contribution in [-0.4, -0.2) is 4.57 Å². The summed E-state index contributed by atoms with van der Waals surface area (Å²) < 4.78 is 4.94. The summed E-state index contributed by atoms with van der Waals surface area (Å²) >= 11 is 0. The molecule has 0 amide bonds. The van der Waals surface area contributed by atoms with Crippen molar-refractivity contribution in [2.45, 2.75) is 142 Å². The summed E-state index contributed by atoms with van der Waals surface area (Å²) in [7, 11) is 0. The van der Waals surface area contributed by atoms with Crippen LogP contribution in [0.25, 0.3) is 5.69 Å². The fourth-order valence-corrected chi connectivity index (χ4v) is 4.94. The molecule has 1 heterocycles. The summed E-state index contributed by atoms with van der Waals surface area (Å²) in [6, 6.07) is 10.9. The molecule has 33 heavy (non-hydrogen) atoms. The number of hydrogen-bond acceptors (Lipinski definition) is 0. The molecule has 0 N–H and O–H groups in total. The van der Waals surface area contributed by atoms with Crippen LogP contribution in [-0.2, 0) is 13.0 Å². The molecule has 2 aromatic rings. The lowest BCUT2D eigenvalue weighted by Gasteiger charge is -2.06. The van der Waals surface area contributed by atoms with Gasteiger partial charge in [0.05, 0.1) is 6.54 Å². The Labute approximate surface area is 205 Å². The van der Waals surface area contributed by atoms with E-state index in [0.29, 0.717) is 0 Å². The highest BCUT2D eigenvalue weighted by Crippen LogP contribution is 2.15. The molecule has 0 unspecified atom stereocenters. The van der Waals surface area contributed by atoms with E-state index in [9.17, 15) is 0 Å². The minimum absolute atomic E-state index is 1.16. The van der Waals surface area contributed by atoms with Gasteiger partial charge in [-0.2, -0.15) is 4.57 Å². The highest BCUT2D eigenvalue weighted by molar-refractivity contribution is 5.31. The van der Waals surface area contributed by atoms with Crippen LogP contribution in [0.3, 0.4) is 0 Å². The molecule has 0 aliphatic carbocycles. The molecule has 1 aromatic heterocycles. The third-order valence-electron chi connectivity index (χ3n) is 7.05. The van der Waals surface area contributed by atoms with Crippen molar-refractivity contribution in [3.63, 3.8) is 0 Å². The van der Waals surface area contributed by atoms with E-state index in [1.165, 1.54) is 134 Å². The third kappa shape index (κ3) is 11.9. The van der Waals surface area contributed by atoms with Crippen molar-refractivity contribution < 1.29 is 4.57 Å². The van der Waals surface area contributed by atoms with Crippen LogP contribution in [0.4, 0.5) is 0 Å². The van der Waals surface area contributed by atoms with Gasteiger partial charge in [-0.05, 0) is 31.4 Å². The third-order valence-corrected chi connectivity index (χ3v) is 7.05. The number of para-hydroxylation sites is 1. The molecular weight excluding hydrogens is 400 g/mol. The zero-order valence-electron chi connectivity index (χ0n) is 22.1. The van der Waals surface area contributed by atoms with Gasteiger partial charge in [-0.15, -0.1) is 0 Å². The molecule has 0 bridgehead atoms. The monoisotopic (exact) mass is 453 g/mol. The topological polar surface area (TPSA) is 8.81 Å². The number of hydrogen-bond donors (Lipinski definition) is 0. The Morgan fingerprint density at radius 1 is 0.576 bits per heavy atom. The number of aryl methyl sites for hydroxylation is 1. The summed E-state index contributed by atoms with van der Waals surface area (Å²) in [5.41, 5.74) is 1.30. The van der Waals surface area contributed by atoms with Gasteiger partial charge in [0, 0.05) is 6.42 Å². The standard InChI is InChI=1S/C31H53N2/c1-3-5-7-9-10-11-12-13-14-15-16-17-18-22-26-31-32(27-23-8-6-4-2)28-29-33(31)30-24-20-19-21-25-30/h19-21,24-25,28-29H,3-18,22-23,26-27H2,1-2H3/q+1. The van der Waals surface area contributed by atoms with E-state index >= 15 is 0 Å².